The third-order valence-corrected chi connectivity index (χ3v) is 5.49. The standard InChI is InChI=1S/C23H24N4O4/c28-25-19-15-22(18-14-17-4-2-8-27(17)16-24-18)31-21-6-1-5-20(23(19)21)30-11-3-7-26-9-12-29-13-10-26/h1-2,4-6,8,14-16,28H,3,7,9-13H2. The third-order valence-electron chi connectivity index (χ3n) is 5.49. The number of nitrogens with zero attached hydrogens (tertiary/aromatic N) is 4. The van der Waals surface area contributed by atoms with Crippen molar-refractivity contribution in [2.45, 2.75) is 6.42 Å². The van der Waals surface area contributed by atoms with Gasteiger partial charge in [-0.25, -0.2) is 4.98 Å². The monoisotopic (exact) mass is 420 g/mol. The normalized spacial score (nSPS) is 15.7. The predicted octanol–water partition coefficient (Wildman–Crippen LogP) is 3.14. The van der Waals surface area contributed by atoms with Gasteiger partial charge in [-0.3, -0.25) is 4.90 Å². The Bertz CT molecular complexity index is 1260. The van der Waals surface area contributed by atoms with E-state index in [0.29, 0.717) is 40.1 Å². The highest BCUT2D eigenvalue weighted by molar-refractivity contribution is 5.84. The molecule has 1 aliphatic heterocycles. The van der Waals surface area contributed by atoms with Crippen LogP contribution >= 0.6 is 0 Å². The maximum Gasteiger partial charge on any atom is 0.155 e. The van der Waals surface area contributed by atoms with Crippen LogP contribution in [-0.4, -0.2) is 58.9 Å². The highest BCUT2D eigenvalue weighted by Crippen LogP contribution is 2.27. The van der Waals surface area contributed by atoms with Gasteiger partial charge in [-0.2, -0.15) is 0 Å². The number of ether oxygens (including phenoxy) is 2. The first-order chi connectivity index (χ1) is 15.3. The van der Waals surface area contributed by atoms with Crippen LogP contribution in [0.1, 0.15) is 6.42 Å². The van der Waals surface area contributed by atoms with Gasteiger partial charge in [-0.15, -0.1) is 0 Å². The van der Waals surface area contributed by atoms with Crippen molar-refractivity contribution in [3.05, 3.63) is 60.3 Å². The Morgan fingerprint density at radius 3 is 2.90 bits per heavy atom. The second kappa shape index (κ2) is 8.79. The fourth-order valence-electron chi connectivity index (χ4n) is 3.88. The van der Waals surface area contributed by atoms with Crippen LogP contribution in [0.2, 0.25) is 0 Å². The molecule has 8 heteroatoms. The molecule has 0 bridgehead atoms. The molecule has 4 aromatic rings. The van der Waals surface area contributed by atoms with Gasteiger partial charge in [-0.1, -0.05) is 11.2 Å². The van der Waals surface area contributed by atoms with Crippen molar-refractivity contribution in [3.8, 4) is 17.2 Å². The van der Waals surface area contributed by atoms with E-state index in [1.165, 1.54) is 0 Å². The van der Waals surface area contributed by atoms with Gasteiger partial charge in [0.05, 0.1) is 31.5 Å². The number of hydrogen-bond acceptors (Lipinski definition) is 7. The van der Waals surface area contributed by atoms with Crippen LogP contribution in [0, 0.1) is 0 Å². The highest BCUT2D eigenvalue weighted by Gasteiger charge is 2.13. The van der Waals surface area contributed by atoms with Crippen LogP contribution < -0.4 is 10.1 Å². The van der Waals surface area contributed by atoms with E-state index < -0.39 is 0 Å². The van der Waals surface area contributed by atoms with Crippen molar-refractivity contribution in [2.24, 2.45) is 5.16 Å². The first-order valence-corrected chi connectivity index (χ1v) is 10.4. The van der Waals surface area contributed by atoms with E-state index in [4.69, 9.17) is 13.9 Å². The number of fused-ring (bicyclic) bond motifs is 2. The second-order valence-electron chi connectivity index (χ2n) is 7.50. The van der Waals surface area contributed by atoms with E-state index in [-0.39, 0.29) is 0 Å². The van der Waals surface area contributed by atoms with Gasteiger partial charge in [0.15, 0.2) is 5.76 Å². The van der Waals surface area contributed by atoms with E-state index in [0.717, 1.165) is 44.8 Å². The lowest BCUT2D eigenvalue weighted by Gasteiger charge is -2.26. The van der Waals surface area contributed by atoms with Crippen LogP contribution in [0.4, 0.5) is 0 Å². The summed E-state index contributed by atoms with van der Waals surface area (Å²) in [4.78, 5) is 6.84. The molecule has 1 aliphatic rings. The number of morpholine rings is 1. The average Bonchev–Trinajstić information content (AvgIpc) is 3.30. The number of benzene rings is 1. The average molecular weight is 420 g/mol. The van der Waals surface area contributed by atoms with E-state index in [9.17, 15) is 5.21 Å². The summed E-state index contributed by atoms with van der Waals surface area (Å²) < 4.78 is 19.5. The first-order valence-electron chi connectivity index (χ1n) is 10.4. The topological polar surface area (TPSA) is 84.7 Å². The van der Waals surface area contributed by atoms with Gasteiger partial charge in [0, 0.05) is 37.4 Å². The molecule has 0 radical (unpaired) electrons. The molecule has 0 spiro atoms. The summed E-state index contributed by atoms with van der Waals surface area (Å²) >= 11 is 0. The Hall–Kier alpha value is -3.36. The predicted molar refractivity (Wildman–Crippen MR) is 115 cm³/mol. The van der Waals surface area contributed by atoms with E-state index >= 15 is 0 Å². The molecule has 3 aromatic heterocycles. The molecule has 1 fully saturated rings. The van der Waals surface area contributed by atoms with Crippen LogP contribution in [0.15, 0.2) is 64.6 Å². The molecule has 0 saturated carbocycles. The molecule has 0 unspecified atom stereocenters. The van der Waals surface area contributed by atoms with Gasteiger partial charge >= 0.3 is 0 Å². The summed E-state index contributed by atoms with van der Waals surface area (Å²) in [6, 6.07) is 13.1. The van der Waals surface area contributed by atoms with Crippen molar-refractivity contribution in [1.82, 2.24) is 14.3 Å². The van der Waals surface area contributed by atoms with Crippen LogP contribution in [0.25, 0.3) is 27.9 Å². The molecule has 0 amide bonds. The molecule has 160 valence electrons. The number of hydrogen-bond donors (Lipinski definition) is 1. The quantitative estimate of drug-likeness (QED) is 0.293. The number of rotatable bonds is 6. The Balaban J connectivity index is 1.40. The Morgan fingerprint density at radius 2 is 2.03 bits per heavy atom. The molecule has 31 heavy (non-hydrogen) atoms. The van der Waals surface area contributed by atoms with Crippen LogP contribution in [0.3, 0.4) is 0 Å². The smallest absolute Gasteiger partial charge is 0.155 e. The molecule has 5 rings (SSSR count). The molecule has 4 heterocycles. The minimum absolute atomic E-state index is 0.386. The van der Waals surface area contributed by atoms with Gasteiger partial charge < -0.3 is 23.5 Å². The molecule has 1 aromatic carbocycles. The molecular weight excluding hydrogens is 396 g/mol. The second-order valence-corrected chi connectivity index (χ2v) is 7.50. The summed E-state index contributed by atoms with van der Waals surface area (Å²) in [6.07, 6.45) is 4.56. The van der Waals surface area contributed by atoms with Crippen molar-refractivity contribution in [3.63, 3.8) is 0 Å². The molecule has 1 saturated heterocycles. The Morgan fingerprint density at radius 1 is 1.13 bits per heavy atom. The van der Waals surface area contributed by atoms with Crippen molar-refractivity contribution in [1.29, 1.82) is 0 Å². The third kappa shape index (κ3) is 4.12. The lowest BCUT2D eigenvalue weighted by atomic mass is 10.1. The summed E-state index contributed by atoms with van der Waals surface area (Å²) in [6.45, 7) is 5.05. The summed E-state index contributed by atoms with van der Waals surface area (Å²) in [5, 5.41) is 14.2. The minimum atomic E-state index is 0.386. The zero-order chi connectivity index (χ0) is 21.0. The molecule has 0 aliphatic carbocycles. The molecule has 1 N–H and O–H groups in total. The van der Waals surface area contributed by atoms with Crippen molar-refractivity contribution in [2.75, 3.05) is 39.5 Å². The maximum atomic E-state index is 9.70. The van der Waals surface area contributed by atoms with E-state index in [1.807, 2.05) is 47.0 Å². The van der Waals surface area contributed by atoms with Crippen molar-refractivity contribution < 1.29 is 19.1 Å². The zero-order valence-electron chi connectivity index (χ0n) is 17.1. The van der Waals surface area contributed by atoms with Gasteiger partial charge in [-0.05, 0) is 36.8 Å². The number of aromatic nitrogens is 2. The highest BCUT2D eigenvalue weighted by atomic mass is 16.5. The van der Waals surface area contributed by atoms with Gasteiger partial charge in [0.2, 0.25) is 0 Å². The fraction of sp³-hybridized carbons (Fsp3) is 0.304. The lowest BCUT2D eigenvalue weighted by molar-refractivity contribution is 0.0358. The zero-order valence-corrected chi connectivity index (χ0v) is 17.1. The largest absolute Gasteiger partial charge is 0.493 e. The molecule has 8 nitrogen and oxygen atoms in total. The maximum absolute atomic E-state index is 9.70. The summed E-state index contributed by atoms with van der Waals surface area (Å²) in [5.41, 5.74) is 2.24. The SMILES string of the molecule is ON=c1cc(-c2cc3cccn3cn2)oc2cccc(OCCCN3CCOCC3)c12. The fourth-order valence-corrected chi connectivity index (χ4v) is 3.88. The van der Waals surface area contributed by atoms with Gasteiger partial charge in [0.1, 0.15) is 22.4 Å². The van der Waals surface area contributed by atoms with Crippen molar-refractivity contribution >= 4 is 16.5 Å². The summed E-state index contributed by atoms with van der Waals surface area (Å²) in [7, 11) is 0. The molecule has 0 atom stereocenters. The summed E-state index contributed by atoms with van der Waals surface area (Å²) in [5.74, 6) is 1.16. The van der Waals surface area contributed by atoms with Gasteiger partial charge in [0.25, 0.3) is 0 Å². The first kappa shape index (κ1) is 19.6. The lowest BCUT2D eigenvalue weighted by Crippen LogP contribution is -2.37. The minimum Gasteiger partial charge on any atom is -0.493 e. The van der Waals surface area contributed by atoms with Crippen LogP contribution in [-0.2, 0) is 4.74 Å². The van der Waals surface area contributed by atoms with E-state index in [1.54, 1.807) is 12.4 Å². The molecular formula is C23H24N4O4. The van der Waals surface area contributed by atoms with E-state index in [2.05, 4.69) is 15.0 Å². The Labute approximate surface area is 178 Å². The van der Waals surface area contributed by atoms with Crippen LogP contribution in [0.5, 0.6) is 5.75 Å². The Kier molecular flexibility index (Phi) is 5.56.